The zero-order chi connectivity index (χ0) is 21.8. The van der Waals surface area contributed by atoms with Gasteiger partial charge in [0.05, 0.1) is 22.3 Å². The van der Waals surface area contributed by atoms with Crippen LogP contribution < -0.4 is 16.2 Å². The van der Waals surface area contributed by atoms with Crippen molar-refractivity contribution in [1.29, 1.82) is 0 Å². The minimum Gasteiger partial charge on any atom is -0.368 e. The molecule has 11 heteroatoms. The topological polar surface area (TPSA) is 107 Å². The van der Waals surface area contributed by atoms with E-state index in [1.165, 1.54) is 0 Å². The smallest absolute Gasteiger partial charge is 0.284 e. The molecule has 1 fully saturated rings. The van der Waals surface area contributed by atoms with E-state index in [-0.39, 0.29) is 31.0 Å². The summed E-state index contributed by atoms with van der Waals surface area (Å²) < 4.78 is 3.17. The van der Waals surface area contributed by atoms with Crippen LogP contribution in [0.25, 0.3) is 22.2 Å². The summed E-state index contributed by atoms with van der Waals surface area (Å²) in [5.74, 6) is 1.39. The maximum Gasteiger partial charge on any atom is 0.284 e. The first-order chi connectivity index (χ1) is 15.6. The number of hydrogen-bond acceptors (Lipinski definition) is 7. The highest BCUT2D eigenvalue weighted by atomic mass is 35.5. The van der Waals surface area contributed by atoms with Gasteiger partial charge < -0.3 is 10.6 Å². The Labute approximate surface area is 199 Å². The van der Waals surface area contributed by atoms with Gasteiger partial charge in [0.25, 0.3) is 5.56 Å². The van der Waals surface area contributed by atoms with Crippen molar-refractivity contribution in [3.05, 3.63) is 82.1 Å². The first-order valence-electron chi connectivity index (χ1n) is 10.1. The second kappa shape index (κ2) is 8.05. The van der Waals surface area contributed by atoms with Gasteiger partial charge in [-0.3, -0.25) is 14.3 Å². The van der Waals surface area contributed by atoms with E-state index in [2.05, 4.69) is 19.9 Å². The van der Waals surface area contributed by atoms with Gasteiger partial charge in [-0.15, -0.1) is 0 Å². The van der Waals surface area contributed by atoms with Gasteiger partial charge in [0.2, 0.25) is 5.95 Å². The van der Waals surface area contributed by atoms with Crippen molar-refractivity contribution in [2.75, 3.05) is 17.2 Å². The highest BCUT2D eigenvalue weighted by molar-refractivity contribution is 7.59. The fourth-order valence-corrected chi connectivity index (χ4v) is 4.39. The van der Waals surface area contributed by atoms with E-state index in [4.69, 9.17) is 22.4 Å². The lowest BCUT2D eigenvalue weighted by Gasteiger charge is -2.42. The molecule has 2 N–H and O–H groups in total. The minimum atomic E-state index is -0.228. The molecule has 0 aliphatic carbocycles. The molecule has 4 aromatic heterocycles. The third kappa shape index (κ3) is 3.30. The first kappa shape index (κ1) is 21.2. The number of hydrogen-bond donors (Lipinski definition) is 1. The zero-order valence-electron chi connectivity index (χ0n) is 17.3. The van der Waals surface area contributed by atoms with Gasteiger partial charge in [-0.2, -0.15) is 23.6 Å². The highest BCUT2D eigenvalue weighted by Gasteiger charge is 2.37. The molecule has 0 radical (unpaired) electrons. The number of nitrogens with two attached hydrogens (primary N) is 1. The maximum atomic E-state index is 13.5. The number of nitrogens with zero attached hydrogens (tertiary/aromatic N) is 7. The second-order valence-corrected chi connectivity index (χ2v) is 7.97. The predicted molar refractivity (Wildman–Crippen MR) is 133 cm³/mol. The van der Waals surface area contributed by atoms with Crippen molar-refractivity contribution in [2.45, 2.75) is 12.5 Å². The van der Waals surface area contributed by atoms with Crippen LogP contribution in [0.4, 0.5) is 11.8 Å². The Kier molecular flexibility index (Phi) is 5.18. The van der Waals surface area contributed by atoms with Crippen molar-refractivity contribution in [3.8, 4) is 5.69 Å². The Bertz CT molecular complexity index is 1550. The highest BCUT2D eigenvalue weighted by Crippen LogP contribution is 2.39. The van der Waals surface area contributed by atoms with Crippen LogP contribution in [-0.2, 0) is 0 Å². The summed E-state index contributed by atoms with van der Waals surface area (Å²) in [6.07, 6.45) is 4.19. The van der Waals surface area contributed by atoms with Gasteiger partial charge in [0.15, 0.2) is 11.6 Å². The fourth-order valence-electron chi connectivity index (χ4n) is 4.17. The van der Waals surface area contributed by atoms with Crippen LogP contribution in [0, 0.1) is 0 Å². The molecule has 1 atom stereocenters. The number of para-hydroxylation sites is 1. The molecule has 5 aromatic rings. The Morgan fingerprint density at radius 1 is 1.06 bits per heavy atom. The normalized spacial score (nSPS) is 15.4. The Hall–Kier alpha value is -3.63. The van der Waals surface area contributed by atoms with Gasteiger partial charge in [-0.1, -0.05) is 29.8 Å². The average Bonchev–Trinajstić information content (AvgIpc) is 3.14. The summed E-state index contributed by atoms with van der Waals surface area (Å²) in [6.45, 7) is 0.724. The molecule has 9 nitrogen and oxygen atoms in total. The summed E-state index contributed by atoms with van der Waals surface area (Å²) >= 11 is 6.30. The molecule has 0 saturated carbocycles. The van der Waals surface area contributed by atoms with Crippen LogP contribution in [0.15, 0.2) is 65.7 Å². The SMILES string of the molecule is Nc1nc(N2CC[C@H]2c2nn3ccc(Cl)c3c(=O)n2-c2ccccc2)c2ncccc2n1.S. The lowest BCUT2D eigenvalue weighted by molar-refractivity contribution is 0.424. The zero-order valence-corrected chi connectivity index (χ0v) is 19.0. The number of pyridine rings is 1. The number of benzene rings is 1. The number of nitrogen functional groups attached to an aromatic ring is 1. The van der Waals surface area contributed by atoms with Crippen LogP contribution in [0.5, 0.6) is 0 Å². The largest absolute Gasteiger partial charge is 0.368 e. The van der Waals surface area contributed by atoms with E-state index >= 15 is 0 Å². The summed E-state index contributed by atoms with van der Waals surface area (Å²) in [6, 6.07) is 14.6. The van der Waals surface area contributed by atoms with E-state index < -0.39 is 0 Å². The molecule has 1 aliphatic heterocycles. The summed E-state index contributed by atoms with van der Waals surface area (Å²) in [7, 11) is 0. The van der Waals surface area contributed by atoms with Crippen molar-refractivity contribution in [3.63, 3.8) is 0 Å². The lowest BCUT2D eigenvalue weighted by Crippen LogP contribution is -2.45. The molecule has 1 saturated heterocycles. The van der Waals surface area contributed by atoms with Crippen molar-refractivity contribution in [2.24, 2.45) is 0 Å². The summed E-state index contributed by atoms with van der Waals surface area (Å²) in [4.78, 5) is 28.8. The molecule has 6 rings (SSSR count). The van der Waals surface area contributed by atoms with Crippen molar-refractivity contribution < 1.29 is 0 Å². The van der Waals surface area contributed by atoms with Crippen LogP contribution in [0.2, 0.25) is 5.02 Å². The molecule has 0 bridgehead atoms. The average molecular weight is 479 g/mol. The van der Waals surface area contributed by atoms with E-state index in [0.717, 1.165) is 18.7 Å². The Morgan fingerprint density at radius 3 is 2.64 bits per heavy atom. The van der Waals surface area contributed by atoms with Crippen LogP contribution in [0.1, 0.15) is 18.3 Å². The summed E-state index contributed by atoms with van der Waals surface area (Å²) in [5, 5.41) is 5.16. The number of halogens is 1. The molecule has 5 heterocycles. The maximum absolute atomic E-state index is 13.5. The van der Waals surface area contributed by atoms with Crippen LogP contribution in [-0.4, -0.2) is 35.7 Å². The quantitative estimate of drug-likeness (QED) is 0.424. The van der Waals surface area contributed by atoms with Gasteiger partial charge in [0.1, 0.15) is 11.0 Å². The second-order valence-electron chi connectivity index (χ2n) is 7.57. The number of anilines is 2. The molecule has 0 spiro atoms. The molecule has 0 unspecified atom stereocenters. The molecule has 166 valence electrons. The minimum absolute atomic E-state index is 0. The van der Waals surface area contributed by atoms with E-state index in [1.807, 2.05) is 42.5 Å². The van der Waals surface area contributed by atoms with E-state index in [9.17, 15) is 4.79 Å². The lowest BCUT2D eigenvalue weighted by atomic mass is 10.0. The molecule has 1 aliphatic rings. The standard InChI is InChI=1S/C22H17ClN8O.H2S/c23-14-8-12-30-18(14)21(32)31(13-5-2-1-3-6-13)19(28-30)16-9-11-29(16)20-17-15(7-4-10-25-17)26-22(24)27-20;/h1-8,10,12,16H,9,11H2,(H2,24,26,27);1H2/t16-;/m0./s1. The van der Waals surface area contributed by atoms with Crippen molar-refractivity contribution in [1.82, 2.24) is 29.1 Å². The van der Waals surface area contributed by atoms with Gasteiger partial charge in [0, 0.05) is 18.9 Å². The Balaban J connectivity index is 0.00000228. The van der Waals surface area contributed by atoms with Crippen molar-refractivity contribution >= 4 is 53.4 Å². The molecular weight excluding hydrogens is 460 g/mol. The van der Waals surface area contributed by atoms with Gasteiger partial charge in [-0.25, -0.2) is 9.50 Å². The van der Waals surface area contributed by atoms with Crippen LogP contribution in [0.3, 0.4) is 0 Å². The molecule has 33 heavy (non-hydrogen) atoms. The third-order valence-electron chi connectivity index (χ3n) is 5.72. The predicted octanol–water partition coefficient (Wildman–Crippen LogP) is 3.12. The molecule has 1 aromatic carbocycles. The van der Waals surface area contributed by atoms with E-state index in [0.29, 0.717) is 33.2 Å². The third-order valence-corrected chi connectivity index (χ3v) is 6.03. The number of rotatable bonds is 3. The van der Waals surface area contributed by atoms with E-state index in [1.54, 1.807) is 27.5 Å². The van der Waals surface area contributed by atoms with Gasteiger partial charge >= 0.3 is 0 Å². The first-order valence-corrected chi connectivity index (χ1v) is 10.5. The fraction of sp³-hybridized carbons (Fsp3) is 0.136. The van der Waals surface area contributed by atoms with Gasteiger partial charge in [-0.05, 0) is 36.8 Å². The molecular formula is C22H19ClN8OS. The van der Waals surface area contributed by atoms with Crippen LogP contribution >= 0.6 is 25.1 Å². The summed E-state index contributed by atoms with van der Waals surface area (Å²) in [5.41, 5.74) is 8.13. The Morgan fingerprint density at radius 2 is 1.88 bits per heavy atom. The monoisotopic (exact) mass is 478 g/mol. The number of fused-ring (bicyclic) bond motifs is 2. The molecule has 0 amide bonds. The number of aromatic nitrogens is 6.